The molecular formula is C13H15F3O2. The molecule has 0 spiro atoms. The van der Waals surface area contributed by atoms with Gasteiger partial charge < -0.3 is 4.74 Å². The Morgan fingerprint density at radius 2 is 1.83 bits per heavy atom. The first-order valence-electron chi connectivity index (χ1n) is 5.42. The van der Waals surface area contributed by atoms with E-state index in [1.165, 1.54) is 33.1 Å². The summed E-state index contributed by atoms with van der Waals surface area (Å²) in [6.07, 6.45) is -5.50. The molecule has 0 aliphatic heterocycles. The van der Waals surface area contributed by atoms with Gasteiger partial charge in [0.1, 0.15) is 0 Å². The number of ether oxygens (including phenoxy) is 1. The summed E-state index contributed by atoms with van der Waals surface area (Å²) in [4.78, 5) is 11.5. The van der Waals surface area contributed by atoms with Crippen molar-refractivity contribution in [1.82, 2.24) is 0 Å². The van der Waals surface area contributed by atoms with Crippen molar-refractivity contribution in [3.63, 3.8) is 0 Å². The lowest BCUT2D eigenvalue weighted by atomic mass is 9.87. The van der Waals surface area contributed by atoms with Crippen molar-refractivity contribution >= 4 is 5.78 Å². The number of alkyl halides is 3. The molecule has 18 heavy (non-hydrogen) atoms. The Balaban J connectivity index is 3.28. The summed E-state index contributed by atoms with van der Waals surface area (Å²) in [6, 6.07) is 6.20. The molecule has 1 aromatic carbocycles. The zero-order valence-electron chi connectivity index (χ0n) is 10.5. The SMILES string of the molecule is COC(C)(CC(F)(F)F)c1ccccc1C(C)=O. The van der Waals surface area contributed by atoms with Crippen LogP contribution in [0.5, 0.6) is 0 Å². The Bertz CT molecular complexity index is 440. The van der Waals surface area contributed by atoms with E-state index in [9.17, 15) is 18.0 Å². The minimum absolute atomic E-state index is 0.256. The first kappa shape index (κ1) is 14.7. The van der Waals surface area contributed by atoms with Crippen molar-refractivity contribution in [2.45, 2.75) is 32.0 Å². The quantitative estimate of drug-likeness (QED) is 0.771. The van der Waals surface area contributed by atoms with Crippen molar-refractivity contribution in [1.29, 1.82) is 0 Å². The second-order valence-electron chi connectivity index (χ2n) is 4.33. The van der Waals surface area contributed by atoms with Gasteiger partial charge in [-0.05, 0) is 19.4 Å². The summed E-state index contributed by atoms with van der Waals surface area (Å²) in [5.41, 5.74) is -1.04. The van der Waals surface area contributed by atoms with Gasteiger partial charge >= 0.3 is 6.18 Å². The molecule has 0 saturated heterocycles. The van der Waals surface area contributed by atoms with Crippen LogP contribution in [0.15, 0.2) is 24.3 Å². The van der Waals surface area contributed by atoms with E-state index in [1.807, 2.05) is 0 Å². The summed E-state index contributed by atoms with van der Waals surface area (Å²) in [6.45, 7) is 2.66. The molecule has 5 heteroatoms. The zero-order valence-corrected chi connectivity index (χ0v) is 10.5. The van der Waals surface area contributed by atoms with Gasteiger partial charge in [-0.1, -0.05) is 24.3 Å². The van der Waals surface area contributed by atoms with Crippen LogP contribution in [0.25, 0.3) is 0 Å². The summed E-state index contributed by atoms with van der Waals surface area (Å²) >= 11 is 0. The molecule has 1 atom stereocenters. The van der Waals surface area contributed by atoms with Crippen molar-refractivity contribution in [3.05, 3.63) is 35.4 Å². The standard InChI is InChI=1S/C13H15F3O2/c1-9(17)10-6-4-5-7-11(10)12(2,18-3)8-13(14,15)16/h4-7H,8H2,1-3H3. The van der Waals surface area contributed by atoms with E-state index in [1.54, 1.807) is 12.1 Å². The van der Waals surface area contributed by atoms with Gasteiger partial charge in [0.15, 0.2) is 5.78 Å². The van der Waals surface area contributed by atoms with E-state index in [-0.39, 0.29) is 16.9 Å². The number of rotatable bonds is 4. The number of ketones is 1. The van der Waals surface area contributed by atoms with Crippen LogP contribution in [0.4, 0.5) is 13.2 Å². The fourth-order valence-electron chi connectivity index (χ4n) is 1.91. The van der Waals surface area contributed by atoms with Gasteiger partial charge in [0.05, 0.1) is 12.0 Å². The van der Waals surface area contributed by atoms with Crippen LogP contribution in [0.1, 0.15) is 36.2 Å². The molecule has 2 nitrogen and oxygen atoms in total. The maximum Gasteiger partial charge on any atom is 0.392 e. The Morgan fingerprint density at radius 3 is 2.28 bits per heavy atom. The normalized spacial score (nSPS) is 15.2. The van der Waals surface area contributed by atoms with E-state index in [2.05, 4.69) is 0 Å². The first-order chi connectivity index (χ1) is 8.19. The molecule has 0 bridgehead atoms. The highest BCUT2D eigenvalue weighted by Gasteiger charge is 2.42. The second kappa shape index (κ2) is 5.10. The zero-order chi connectivity index (χ0) is 14.0. The number of Topliss-reactive ketones (excluding diaryl/α,β-unsaturated/α-hetero) is 1. The number of benzene rings is 1. The lowest BCUT2D eigenvalue weighted by molar-refractivity contribution is -0.181. The Morgan fingerprint density at radius 1 is 1.28 bits per heavy atom. The van der Waals surface area contributed by atoms with Crippen LogP contribution in [0, 0.1) is 0 Å². The number of carbonyl (C=O) groups is 1. The van der Waals surface area contributed by atoms with Crippen LogP contribution < -0.4 is 0 Å². The minimum atomic E-state index is -4.37. The van der Waals surface area contributed by atoms with Crippen molar-refractivity contribution in [2.75, 3.05) is 7.11 Å². The van der Waals surface area contributed by atoms with Crippen molar-refractivity contribution < 1.29 is 22.7 Å². The van der Waals surface area contributed by atoms with Crippen LogP contribution in [-0.2, 0) is 10.3 Å². The third-order valence-electron chi connectivity index (χ3n) is 2.86. The molecule has 0 N–H and O–H groups in total. The Labute approximate surface area is 104 Å². The van der Waals surface area contributed by atoms with Crippen LogP contribution in [0.2, 0.25) is 0 Å². The fourth-order valence-corrected chi connectivity index (χ4v) is 1.91. The molecule has 0 amide bonds. The summed E-state index contributed by atoms with van der Waals surface area (Å²) in [5, 5.41) is 0. The third kappa shape index (κ3) is 3.32. The molecule has 1 rings (SSSR count). The highest BCUT2D eigenvalue weighted by Crippen LogP contribution is 2.38. The van der Waals surface area contributed by atoms with Gasteiger partial charge in [-0.3, -0.25) is 4.79 Å². The molecule has 0 radical (unpaired) electrons. The van der Waals surface area contributed by atoms with Gasteiger partial charge in [0.25, 0.3) is 0 Å². The van der Waals surface area contributed by atoms with Gasteiger partial charge in [-0.25, -0.2) is 0 Å². The smallest absolute Gasteiger partial charge is 0.373 e. The lowest BCUT2D eigenvalue weighted by Gasteiger charge is -2.31. The first-order valence-corrected chi connectivity index (χ1v) is 5.42. The minimum Gasteiger partial charge on any atom is -0.373 e. The molecular weight excluding hydrogens is 245 g/mol. The van der Waals surface area contributed by atoms with Crippen LogP contribution in [0.3, 0.4) is 0 Å². The molecule has 0 saturated carbocycles. The highest BCUT2D eigenvalue weighted by molar-refractivity contribution is 5.95. The molecule has 0 aliphatic carbocycles. The van der Waals surface area contributed by atoms with E-state index in [0.29, 0.717) is 0 Å². The third-order valence-corrected chi connectivity index (χ3v) is 2.86. The molecule has 0 aliphatic rings. The maximum atomic E-state index is 12.6. The van der Waals surface area contributed by atoms with E-state index in [4.69, 9.17) is 4.74 Å². The summed E-state index contributed by atoms with van der Waals surface area (Å²) in [5.74, 6) is -0.281. The number of hydrogen-bond donors (Lipinski definition) is 0. The topological polar surface area (TPSA) is 26.3 Å². The molecule has 100 valence electrons. The maximum absolute atomic E-state index is 12.6. The molecule has 0 heterocycles. The van der Waals surface area contributed by atoms with Crippen molar-refractivity contribution in [3.8, 4) is 0 Å². The molecule has 1 aromatic rings. The molecule has 0 aromatic heterocycles. The highest BCUT2D eigenvalue weighted by atomic mass is 19.4. The average molecular weight is 260 g/mol. The predicted octanol–water partition coefficient (Wildman–Crippen LogP) is 3.70. The van der Waals surface area contributed by atoms with Gasteiger partial charge in [-0.15, -0.1) is 0 Å². The van der Waals surface area contributed by atoms with E-state index in [0.717, 1.165) is 0 Å². The largest absolute Gasteiger partial charge is 0.392 e. The van der Waals surface area contributed by atoms with E-state index < -0.39 is 18.2 Å². The Hall–Kier alpha value is -1.36. The fraction of sp³-hybridized carbons (Fsp3) is 0.462. The lowest BCUT2D eigenvalue weighted by Crippen LogP contribution is -2.32. The number of halogens is 3. The monoisotopic (exact) mass is 260 g/mol. The van der Waals surface area contributed by atoms with Gasteiger partial charge in [0.2, 0.25) is 0 Å². The van der Waals surface area contributed by atoms with Gasteiger partial charge in [-0.2, -0.15) is 13.2 Å². The van der Waals surface area contributed by atoms with Gasteiger partial charge in [0, 0.05) is 12.7 Å². The predicted molar refractivity (Wildman–Crippen MR) is 61.5 cm³/mol. The van der Waals surface area contributed by atoms with E-state index >= 15 is 0 Å². The number of hydrogen-bond acceptors (Lipinski definition) is 2. The number of methoxy groups -OCH3 is 1. The molecule has 0 fully saturated rings. The Kier molecular flexibility index (Phi) is 4.16. The summed E-state index contributed by atoms with van der Waals surface area (Å²) < 4.78 is 42.8. The van der Waals surface area contributed by atoms with Crippen molar-refractivity contribution in [2.24, 2.45) is 0 Å². The summed E-state index contributed by atoms with van der Waals surface area (Å²) in [7, 11) is 1.21. The molecule has 1 unspecified atom stereocenters. The second-order valence-corrected chi connectivity index (χ2v) is 4.33. The van der Waals surface area contributed by atoms with Crippen LogP contribution >= 0.6 is 0 Å². The van der Waals surface area contributed by atoms with Crippen LogP contribution in [-0.4, -0.2) is 19.1 Å². The average Bonchev–Trinajstić information content (AvgIpc) is 2.26. The number of carbonyl (C=O) groups excluding carboxylic acids is 1.